The SMILES string of the molecule is CCCC(=O)c1cc(-c2ccnc3sccc23)cs1. The number of hydrogen-bond donors (Lipinski definition) is 0. The molecule has 0 saturated heterocycles. The monoisotopic (exact) mass is 287 g/mol. The molecule has 3 heterocycles. The molecule has 0 aliphatic rings. The van der Waals surface area contributed by atoms with Gasteiger partial charge in [0.2, 0.25) is 0 Å². The third kappa shape index (κ3) is 2.33. The van der Waals surface area contributed by atoms with Crippen LogP contribution in [0.1, 0.15) is 29.4 Å². The number of aromatic nitrogens is 1. The van der Waals surface area contributed by atoms with Crippen molar-refractivity contribution in [3.05, 3.63) is 40.0 Å². The standard InChI is InChI=1S/C15H13NOS2/c1-2-3-13(17)14-8-10(9-19-14)11-4-6-16-15-12(11)5-7-18-15/h4-9H,2-3H2,1H3. The molecule has 96 valence electrons. The molecule has 3 aromatic heterocycles. The quantitative estimate of drug-likeness (QED) is 0.631. The first kappa shape index (κ1) is 12.5. The van der Waals surface area contributed by atoms with Gasteiger partial charge < -0.3 is 0 Å². The van der Waals surface area contributed by atoms with E-state index in [9.17, 15) is 4.79 Å². The number of fused-ring (bicyclic) bond motifs is 1. The number of thiophene rings is 2. The van der Waals surface area contributed by atoms with Crippen LogP contribution in [0.25, 0.3) is 21.3 Å². The average Bonchev–Trinajstić information content (AvgIpc) is 3.07. The van der Waals surface area contributed by atoms with Crippen molar-refractivity contribution in [1.82, 2.24) is 4.98 Å². The number of hydrogen-bond acceptors (Lipinski definition) is 4. The van der Waals surface area contributed by atoms with Crippen molar-refractivity contribution in [2.75, 3.05) is 0 Å². The van der Waals surface area contributed by atoms with Gasteiger partial charge in [-0.1, -0.05) is 6.92 Å². The average molecular weight is 287 g/mol. The summed E-state index contributed by atoms with van der Waals surface area (Å²) in [7, 11) is 0. The lowest BCUT2D eigenvalue weighted by Crippen LogP contribution is -1.93. The van der Waals surface area contributed by atoms with Gasteiger partial charge in [-0.2, -0.15) is 0 Å². The first-order valence-corrected chi connectivity index (χ1v) is 8.00. The highest BCUT2D eigenvalue weighted by atomic mass is 32.1. The molecule has 3 aromatic rings. The molecule has 0 saturated carbocycles. The maximum Gasteiger partial charge on any atom is 0.172 e. The summed E-state index contributed by atoms with van der Waals surface area (Å²) in [5.74, 6) is 0.245. The Morgan fingerprint density at radius 3 is 3.05 bits per heavy atom. The third-order valence-electron chi connectivity index (χ3n) is 3.03. The molecule has 19 heavy (non-hydrogen) atoms. The van der Waals surface area contributed by atoms with E-state index >= 15 is 0 Å². The van der Waals surface area contributed by atoms with Crippen molar-refractivity contribution >= 4 is 38.7 Å². The van der Waals surface area contributed by atoms with Gasteiger partial charge in [0.15, 0.2) is 5.78 Å². The number of pyridine rings is 1. The Balaban J connectivity index is 2.03. The number of ketones is 1. The smallest absolute Gasteiger partial charge is 0.172 e. The normalized spacial score (nSPS) is 11.0. The summed E-state index contributed by atoms with van der Waals surface area (Å²) < 4.78 is 0. The number of rotatable bonds is 4. The summed E-state index contributed by atoms with van der Waals surface area (Å²) in [6.45, 7) is 2.03. The van der Waals surface area contributed by atoms with Crippen molar-refractivity contribution < 1.29 is 4.79 Å². The molecule has 0 atom stereocenters. The van der Waals surface area contributed by atoms with Crippen molar-refractivity contribution in [3.63, 3.8) is 0 Å². The first-order valence-electron chi connectivity index (χ1n) is 6.24. The lowest BCUT2D eigenvalue weighted by atomic mass is 10.1. The summed E-state index contributed by atoms with van der Waals surface area (Å²) in [6.07, 6.45) is 3.36. The molecule has 2 nitrogen and oxygen atoms in total. The molecule has 0 amide bonds. The van der Waals surface area contributed by atoms with Crippen LogP contribution in [0.2, 0.25) is 0 Å². The maximum absolute atomic E-state index is 11.9. The van der Waals surface area contributed by atoms with E-state index in [1.54, 1.807) is 11.3 Å². The van der Waals surface area contributed by atoms with Crippen LogP contribution in [0, 0.1) is 0 Å². The van der Waals surface area contributed by atoms with Crippen LogP contribution in [0.5, 0.6) is 0 Å². The molecule has 0 N–H and O–H groups in total. The van der Waals surface area contributed by atoms with E-state index < -0.39 is 0 Å². The molecular weight excluding hydrogens is 274 g/mol. The van der Waals surface area contributed by atoms with Gasteiger partial charge in [-0.3, -0.25) is 4.79 Å². The highest BCUT2D eigenvalue weighted by molar-refractivity contribution is 7.16. The van der Waals surface area contributed by atoms with Gasteiger partial charge in [0.05, 0.1) is 4.88 Å². The Morgan fingerprint density at radius 2 is 2.21 bits per heavy atom. The van der Waals surface area contributed by atoms with Crippen LogP contribution < -0.4 is 0 Å². The molecule has 0 aromatic carbocycles. The number of carbonyl (C=O) groups excluding carboxylic acids is 1. The Morgan fingerprint density at radius 1 is 1.32 bits per heavy atom. The fourth-order valence-electron chi connectivity index (χ4n) is 2.10. The Labute approximate surface area is 119 Å². The number of Topliss-reactive ketones (excluding diaryl/α,β-unsaturated/α-hetero) is 1. The van der Waals surface area contributed by atoms with Crippen molar-refractivity contribution in [3.8, 4) is 11.1 Å². The lowest BCUT2D eigenvalue weighted by Gasteiger charge is -1.99. The summed E-state index contributed by atoms with van der Waals surface area (Å²) in [5.41, 5.74) is 2.29. The fourth-order valence-corrected chi connectivity index (χ4v) is 3.74. The highest BCUT2D eigenvalue weighted by Crippen LogP contribution is 2.33. The van der Waals surface area contributed by atoms with E-state index in [-0.39, 0.29) is 5.78 Å². The van der Waals surface area contributed by atoms with E-state index in [0.717, 1.165) is 27.3 Å². The van der Waals surface area contributed by atoms with E-state index in [0.29, 0.717) is 6.42 Å². The van der Waals surface area contributed by atoms with Crippen LogP contribution in [0.4, 0.5) is 0 Å². The van der Waals surface area contributed by atoms with Crippen molar-refractivity contribution in [2.45, 2.75) is 19.8 Å². The van der Waals surface area contributed by atoms with Crippen LogP contribution in [-0.2, 0) is 0 Å². The molecule has 0 unspecified atom stereocenters. The van der Waals surface area contributed by atoms with Gasteiger partial charge in [-0.05, 0) is 46.5 Å². The van der Waals surface area contributed by atoms with Crippen LogP contribution in [-0.4, -0.2) is 10.8 Å². The molecule has 0 aliphatic heterocycles. The van der Waals surface area contributed by atoms with Gasteiger partial charge >= 0.3 is 0 Å². The second-order valence-corrected chi connectivity index (χ2v) is 6.18. The van der Waals surface area contributed by atoms with Crippen LogP contribution >= 0.6 is 22.7 Å². The minimum absolute atomic E-state index is 0.245. The molecule has 3 rings (SSSR count). The van der Waals surface area contributed by atoms with Gasteiger partial charge in [0.1, 0.15) is 4.83 Å². The summed E-state index contributed by atoms with van der Waals surface area (Å²) in [5, 5.41) is 5.28. The van der Waals surface area contributed by atoms with Crippen LogP contribution in [0.3, 0.4) is 0 Å². The largest absolute Gasteiger partial charge is 0.293 e. The van der Waals surface area contributed by atoms with E-state index in [1.807, 2.05) is 25.3 Å². The predicted octanol–water partition coefficient (Wildman–Crippen LogP) is 5.01. The zero-order valence-electron chi connectivity index (χ0n) is 10.6. The van der Waals surface area contributed by atoms with E-state index in [1.165, 1.54) is 16.7 Å². The lowest BCUT2D eigenvalue weighted by molar-refractivity contribution is 0.0985. The van der Waals surface area contributed by atoms with Gasteiger partial charge in [0.25, 0.3) is 0 Å². The molecule has 0 fully saturated rings. The molecule has 0 bridgehead atoms. The van der Waals surface area contributed by atoms with E-state index in [4.69, 9.17) is 0 Å². The Hall–Kier alpha value is -1.52. The van der Waals surface area contributed by atoms with Crippen molar-refractivity contribution in [2.24, 2.45) is 0 Å². The van der Waals surface area contributed by atoms with Gasteiger partial charge in [-0.25, -0.2) is 4.98 Å². The molecule has 0 radical (unpaired) electrons. The highest BCUT2D eigenvalue weighted by Gasteiger charge is 2.11. The topological polar surface area (TPSA) is 30.0 Å². The molecular formula is C15H13NOS2. The Kier molecular flexibility index (Phi) is 3.44. The minimum Gasteiger partial charge on any atom is -0.293 e. The molecule has 0 aliphatic carbocycles. The van der Waals surface area contributed by atoms with Gasteiger partial charge in [-0.15, -0.1) is 22.7 Å². The zero-order valence-corrected chi connectivity index (χ0v) is 12.2. The number of carbonyl (C=O) groups is 1. The summed E-state index contributed by atoms with van der Waals surface area (Å²) >= 11 is 3.18. The summed E-state index contributed by atoms with van der Waals surface area (Å²) in [4.78, 5) is 18.2. The fraction of sp³-hybridized carbons (Fsp3) is 0.200. The second kappa shape index (κ2) is 5.23. The molecule has 0 spiro atoms. The second-order valence-electron chi connectivity index (χ2n) is 4.37. The van der Waals surface area contributed by atoms with E-state index in [2.05, 4.69) is 21.8 Å². The predicted molar refractivity (Wildman–Crippen MR) is 82.2 cm³/mol. The summed E-state index contributed by atoms with van der Waals surface area (Å²) in [6, 6.07) is 6.12. The van der Waals surface area contributed by atoms with Crippen molar-refractivity contribution in [1.29, 1.82) is 0 Å². The first-order chi connectivity index (χ1) is 9.29. The zero-order chi connectivity index (χ0) is 13.2. The maximum atomic E-state index is 11.9. The molecule has 4 heteroatoms. The third-order valence-corrected chi connectivity index (χ3v) is 4.82. The number of nitrogens with zero attached hydrogens (tertiary/aromatic N) is 1. The van der Waals surface area contributed by atoms with Gasteiger partial charge in [0, 0.05) is 18.0 Å². The minimum atomic E-state index is 0.245. The Bertz CT molecular complexity index is 726. The van der Waals surface area contributed by atoms with Crippen LogP contribution in [0.15, 0.2) is 35.2 Å².